The van der Waals surface area contributed by atoms with Gasteiger partial charge in [0.2, 0.25) is 27.7 Å². The summed E-state index contributed by atoms with van der Waals surface area (Å²) in [5.41, 5.74) is -0.363. The fourth-order valence-corrected chi connectivity index (χ4v) is 8.71. The molecular weight excluding hydrogens is 654 g/mol. The van der Waals surface area contributed by atoms with Crippen LogP contribution in [0.15, 0.2) is 93.6 Å². The molecule has 1 fully saturated rings. The molecule has 45 heavy (non-hydrogen) atoms. The summed E-state index contributed by atoms with van der Waals surface area (Å²) in [5, 5.41) is 6.90. The second kappa shape index (κ2) is 11.3. The Morgan fingerprint density at radius 1 is 0.933 bits per heavy atom. The normalized spacial score (nSPS) is 19.7. The third-order valence-electron chi connectivity index (χ3n) is 7.41. The number of hydrogen-bond acceptors (Lipinski definition) is 8. The number of primary sulfonamides is 1. The minimum Gasteiger partial charge on any atom is -0.325 e. The number of imide groups is 1. The van der Waals surface area contributed by atoms with Crippen molar-refractivity contribution in [3.05, 3.63) is 105 Å². The van der Waals surface area contributed by atoms with Crippen molar-refractivity contribution >= 4 is 62.2 Å². The highest BCUT2D eigenvalue weighted by molar-refractivity contribution is 8.00. The number of carbonyl (C=O) groups excluding carboxylic acids is 3. The molecule has 0 saturated carbocycles. The molecule has 3 atom stereocenters. The van der Waals surface area contributed by atoms with Crippen molar-refractivity contribution in [1.29, 1.82) is 0 Å². The summed E-state index contributed by atoms with van der Waals surface area (Å²) in [7, 11) is -3.94. The van der Waals surface area contributed by atoms with Crippen molar-refractivity contribution in [3.63, 3.8) is 0 Å². The number of alkyl halides is 3. The number of nitrogens with two attached hydrogens (primary N) is 1. The van der Waals surface area contributed by atoms with Crippen LogP contribution in [0.5, 0.6) is 0 Å². The predicted molar refractivity (Wildman–Crippen MR) is 160 cm³/mol. The zero-order valence-corrected chi connectivity index (χ0v) is 25.2. The van der Waals surface area contributed by atoms with Crippen LogP contribution in [-0.2, 0) is 37.1 Å². The van der Waals surface area contributed by atoms with E-state index in [0.29, 0.717) is 15.5 Å². The maximum atomic E-state index is 13.9. The molecule has 0 aliphatic carbocycles. The van der Waals surface area contributed by atoms with Crippen molar-refractivity contribution in [2.45, 2.75) is 33.8 Å². The molecule has 232 valence electrons. The summed E-state index contributed by atoms with van der Waals surface area (Å²) < 4.78 is 64.6. The van der Waals surface area contributed by atoms with Crippen molar-refractivity contribution in [2.24, 2.45) is 11.1 Å². The Bertz CT molecular complexity index is 2010. The lowest BCUT2D eigenvalue weighted by Gasteiger charge is -2.30. The van der Waals surface area contributed by atoms with Gasteiger partial charge in [0.1, 0.15) is 11.8 Å². The van der Waals surface area contributed by atoms with Gasteiger partial charge in [-0.05, 0) is 48.0 Å². The predicted octanol–water partition coefficient (Wildman–Crippen LogP) is 4.01. The van der Waals surface area contributed by atoms with Gasteiger partial charge in [-0.3, -0.25) is 23.7 Å². The zero-order valence-electron chi connectivity index (χ0n) is 22.7. The number of halogens is 3. The lowest BCUT2D eigenvalue weighted by molar-refractivity contribution is -0.137. The van der Waals surface area contributed by atoms with E-state index in [-0.39, 0.29) is 16.3 Å². The molecule has 2 aliphatic heterocycles. The number of nitrogens with zero attached hydrogens (tertiary/aromatic N) is 2. The van der Waals surface area contributed by atoms with E-state index in [4.69, 9.17) is 5.14 Å². The molecule has 3 heterocycles. The molecule has 3 amide bonds. The molecule has 1 saturated heterocycles. The average Bonchev–Trinajstić information content (AvgIpc) is 3.43. The van der Waals surface area contributed by atoms with Crippen LogP contribution < -0.4 is 20.2 Å². The number of hydrogen-bond donors (Lipinski definition) is 2. The van der Waals surface area contributed by atoms with Gasteiger partial charge >= 0.3 is 11.0 Å². The van der Waals surface area contributed by atoms with Crippen molar-refractivity contribution < 1.29 is 36.0 Å². The number of rotatable bonds is 6. The van der Waals surface area contributed by atoms with Gasteiger partial charge in [0, 0.05) is 16.5 Å². The van der Waals surface area contributed by atoms with E-state index in [1.54, 1.807) is 30.3 Å². The molecule has 6 rings (SSSR count). The molecule has 0 radical (unpaired) electrons. The third-order valence-corrected chi connectivity index (χ3v) is 10.9. The van der Waals surface area contributed by atoms with Gasteiger partial charge in [-0.25, -0.2) is 18.5 Å². The monoisotopic (exact) mass is 674 g/mol. The minimum atomic E-state index is -4.69. The van der Waals surface area contributed by atoms with Gasteiger partial charge in [0.25, 0.3) is 0 Å². The van der Waals surface area contributed by atoms with Crippen LogP contribution in [0.2, 0.25) is 0 Å². The Hall–Kier alpha value is -4.25. The molecule has 16 heteroatoms. The van der Waals surface area contributed by atoms with Gasteiger partial charge < -0.3 is 5.32 Å². The van der Waals surface area contributed by atoms with Crippen molar-refractivity contribution in [2.75, 3.05) is 10.2 Å². The fraction of sp³-hybridized carbons (Fsp3) is 0.172. The first-order valence-electron chi connectivity index (χ1n) is 13.2. The van der Waals surface area contributed by atoms with Crippen LogP contribution in [-0.4, -0.2) is 36.0 Å². The molecule has 0 bridgehead atoms. The quantitative estimate of drug-likeness (QED) is 0.294. The lowest BCUT2D eigenvalue weighted by atomic mass is 9.83. The van der Waals surface area contributed by atoms with Crippen LogP contribution >= 0.6 is 23.1 Å². The first kappa shape index (κ1) is 30.8. The highest BCUT2D eigenvalue weighted by Gasteiger charge is 2.57. The Labute approximate surface area is 261 Å². The van der Waals surface area contributed by atoms with E-state index in [9.17, 15) is 40.8 Å². The van der Waals surface area contributed by atoms with Crippen LogP contribution in [0, 0.1) is 5.92 Å². The van der Waals surface area contributed by atoms with Crippen LogP contribution in [0.4, 0.5) is 24.5 Å². The Morgan fingerprint density at radius 3 is 2.27 bits per heavy atom. The molecular formula is C29H21F3N4O6S3. The maximum absolute atomic E-state index is 13.9. The van der Waals surface area contributed by atoms with E-state index < -0.39 is 68.0 Å². The number of nitrogens with one attached hydrogen (secondary N) is 1. The molecule has 2 unspecified atom stereocenters. The average molecular weight is 675 g/mol. The van der Waals surface area contributed by atoms with Crippen LogP contribution in [0.1, 0.15) is 21.9 Å². The summed E-state index contributed by atoms with van der Waals surface area (Å²) in [4.78, 5) is 54.5. The maximum Gasteiger partial charge on any atom is 0.416 e. The number of sulfonamides is 1. The summed E-state index contributed by atoms with van der Waals surface area (Å²) >= 11 is 1.75. The minimum absolute atomic E-state index is 0.156. The largest absolute Gasteiger partial charge is 0.416 e. The first-order valence-corrected chi connectivity index (χ1v) is 16.4. The highest BCUT2D eigenvalue weighted by Crippen LogP contribution is 2.54. The zero-order chi connectivity index (χ0) is 32.3. The number of amides is 3. The summed E-state index contributed by atoms with van der Waals surface area (Å²) in [6.45, 7) is -0.465. The fourth-order valence-electron chi connectivity index (χ4n) is 5.42. The van der Waals surface area contributed by atoms with Crippen molar-refractivity contribution in [1.82, 2.24) is 4.57 Å². The van der Waals surface area contributed by atoms with Gasteiger partial charge in [0.15, 0.2) is 0 Å². The number of thiazole rings is 1. The van der Waals surface area contributed by atoms with Gasteiger partial charge in [-0.1, -0.05) is 59.5 Å². The van der Waals surface area contributed by atoms with Gasteiger partial charge in [-0.2, -0.15) is 13.2 Å². The van der Waals surface area contributed by atoms with Gasteiger partial charge in [0.05, 0.1) is 27.1 Å². The number of aromatic nitrogens is 1. The topological polar surface area (TPSA) is 149 Å². The number of thioether (sulfide) groups is 1. The second-order valence-electron chi connectivity index (χ2n) is 10.3. The van der Waals surface area contributed by atoms with E-state index in [2.05, 4.69) is 5.32 Å². The van der Waals surface area contributed by atoms with E-state index in [1.165, 1.54) is 34.9 Å². The SMILES string of the molecule is NS(=O)(=O)c1ccc(NC(=O)Cn2c3c(sc2=O)[C@H](c2ccccc2)C2C(=O)N(c4cccc(C(F)(F)F)c4)C(=O)C2S3)cc1. The van der Waals surface area contributed by atoms with E-state index >= 15 is 0 Å². The molecule has 3 N–H and O–H groups in total. The molecule has 4 aromatic rings. The molecule has 3 aromatic carbocycles. The van der Waals surface area contributed by atoms with Crippen molar-refractivity contribution in [3.8, 4) is 0 Å². The Kier molecular flexibility index (Phi) is 7.71. The molecule has 0 spiro atoms. The third kappa shape index (κ3) is 5.69. The highest BCUT2D eigenvalue weighted by atomic mass is 32.2. The Morgan fingerprint density at radius 2 is 1.62 bits per heavy atom. The number of carbonyl (C=O) groups is 3. The van der Waals surface area contributed by atoms with E-state index in [1.807, 2.05) is 0 Å². The van der Waals surface area contributed by atoms with Crippen LogP contribution in [0.3, 0.4) is 0 Å². The van der Waals surface area contributed by atoms with Crippen LogP contribution in [0.25, 0.3) is 0 Å². The van der Waals surface area contributed by atoms with Gasteiger partial charge in [-0.15, -0.1) is 0 Å². The molecule has 1 aromatic heterocycles. The number of fused-ring (bicyclic) bond motifs is 2. The molecule has 10 nitrogen and oxygen atoms in total. The lowest BCUT2D eigenvalue weighted by Crippen LogP contribution is -2.33. The standard InChI is InChI=1S/C29H21F3N4O6S3/c30-29(31,32)16-7-4-8-18(13-16)36-25(38)22-21(15-5-2-1-3-6-15)24-27(43-23(22)26(36)39)35(28(40)44-24)14-20(37)34-17-9-11-19(12-10-17)45(33,41)42/h1-13,21-23H,14H2,(H,34,37)(H2,33,41,42)/t21-,22?,23?/m1/s1. The summed E-state index contributed by atoms with van der Waals surface area (Å²) in [6, 6.07) is 17.7. The Balaban J connectivity index is 1.36. The second-order valence-corrected chi connectivity index (χ2v) is 13.9. The summed E-state index contributed by atoms with van der Waals surface area (Å²) in [6.07, 6.45) is -4.69. The smallest absolute Gasteiger partial charge is 0.325 e. The summed E-state index contributed by atoms with van der Waals surface area (Å²) in [5.74, 6) is -3.86. The molecule has 2 aliphatic rings. The first-order chi connectivity index (χ1) is 21.2. The number of benzene rings is 3. The number of anilines is 2. The van der Waals surface area contributed by atoms with E-state index in [0.717, 1.165) is 46.2 Å².